The molecule has 2 heterocycles. The Labute approximate surface area is 148 Å². The Kier molecular flexibility index (Phi) is 8.11. The summed E-state index contributed by atoms with van der Waals surface area (Å²) in [5.41, 5.74) is 5.82. The van der Waals surface area contributed by atoms with Crippen LogP contribution in [0.1, 0.15) is 43.0 Å². The number of hydrogen-bond acceptors (Lipinski definition) is 4. The molecular formula is C15H25Cl2N3OS. The van der Waals surface area contributed by atoms with Gasteiger partial charge in [0.2, 0.25) is 5.91 Å². The van der Waals surface area contributed by atoms with Crippen molar-refractivity contribution >= 4 is 42.1 Å². The molecule has 1 amide bonds. The van der Waals surface area contributed by atoms with Crippen LogP contribution in [-0.4, -0.2) is 35.4 Å². The number of rotatable bonds is 3. The van der Waals surface area contributed by atoms with E-state index in [0.29, 0.717) is 24.3 Å². The van der Waals surface area contributed by atoms with Gasteiger partial charge in [-0.15, -0.1) is 36.2 Å². The monoisotopic (exact) mass is 365 g/mol. The molecule has 0 aromatic carbocycles. The highest BCUT2D eigenvalue weighted by molar-refractivity contribution is 7.09. The molecule has 2 fully saturated rings. The first kappa shape index (κ1) is 19.7. The summed E-state index contributed by atoms with van der Waals surface area (Å²) < 4.78 is 0. The van der Waals surface area contributed by atoms with E-state index in [0.717, 1.165) is 45.2 Å². The van der Waals surface area contributed by atoms with Crippen LogP contribution in [0.2, 0.25) is 0 Å². The van der Waals surface area contributed by atoms with Crippen molar-refractivity contribution in [2.75, 3.05) is 19.6 Å². The molecule has 1 aliphatic carbocycles. The van der Waals surface area contributed by atoms with Gasteiger partial charge in [-0.2, -0.15) is 0 Å². The van der Waals surface area contributed by atoms with Crippen molar-refractivity contribution in [1.29, 1.82) is 0 Å². The molecule has 126 valence electrons. The number of hydrogen-bond donors (Lipinski definition) is 1. The van der Waals surface area contributed by atoms with Gasteiger partial charge < -0.3 is 10.6 Å². The van der Waals surface area contributed by atoms with Gasteiger partial charge in [0.15, 0.2) is 0 Å². The number of carbonyl (C=O) groups excluding carboxylic acids is 1. The molecule has 22 heavy (non-hydrogen) atoms. The largest absolute Gasteiger partial charge is 0.342 e. The number of halogens is 2. The quantitative estimate of drug-likeness (QED) is 0.894. The lowest BCUT2D eigenvalue weighted by Gasteiger charge is -2.34. The van der Waals surface area contributed by atoms with Gasteiger partial charge in [0.25, 0.3) is 0 Å². The average Bonchev–Trinajstić information content (AvgIpc) is 3.17. The summed E-state index contributed by atoms with van der Waals surface area (Å²) in [5, 5.41) is 3.21. The zero-order valence-electron chi connectivity index (χ0n) is 12.6. The van der Waals surface area contributed by atoms with Crippen LogP contribution < -0.4 is 5.73 Å². The van der Waals surface area contributed by atoms with E-state index in [1.54, 1.807) is 11.3 Å². The van der Waals surface area contributed by atoms with Crippen LogP contribution in [0.4, 0.5) is 0 Å². The van der Waals surface area contributed by atoms with Gasteiger partial charge in [0, 0.05) is 36.5 Å². The van der Waals surface area contributed by atoms with Gasteiger partial charge in [-0.3, -0.25) is 4.79 Å². The molecule has 2 aliphatic rings. The first-order chi connectivity index (χ1) is 9.79. The fourth-order valence-corrected chi connectivity index (χ4v) is 4.46. The molecule has 3 atom stereocenters. The van der Waals surface area contributed by atoms with E-state index in [2.05, 4.69) is 9.88 Å². The molecule has 4 nitrogen and oxygen atoms in total. The van der Waals surface area contributed by atoms with Crippen LogP contribution in [0.15, 0.2) is 11.6 Å². The molecule has 3 rings (SSSR count). The molecule has 7 heteroatoms. The molecular weight excluding hydrogens is 341 g/mol. The maximum Gasteiger partial charge on any atom is 0.226 e. The summed E-state index contributed by atoms with van der Waals surface area (Å²) in [5.74, 6) is 1.36. The van der Waals surface area contributed by atoms with Crippen LogP contribution in [0.25, 0.3) is 0 Å². The molecule has 1 saturated heterocycles. The summed E-state index contributed by atoms with van der Waals surface area (Å²) in [7, 11) is 0. The van der Waals surface area contributed by atoms with Crippen molar-refractivity contribution in [2.24, 2.45) is 17.6 Å². The minimum atomic E-state index is 0. The van der Waals surface area contributed by atoms with E-state index in [1.165, 1.54) is 5.01 Å². The summed E-state index contributed by atoms with van der Waals surface area (Å²) in [6, 6.07) is 0. The van der Waals surface area contributed by atoms with Gasteiger partial charge in [0.05, 0.1) is 5.01 Å². The minimum Gasteiger partial charge on any atom is -0.342 e. The maximum absolute atomic E-state index is 12.7. The maximum atomic E-state index is 12.7. The van der Waals surface area contributed by atoms with E-state index in [1.807, 2.05) is 11.6 Å². The molecule has 1 aromatic rings. The van der Waals surface area contributed by atoms with Crippen LogP contribution in [0, 0.1) is 11.8 Å². The number of likely N-dealkylation sites (tertiary alicyclic amines) is 1. The highest BCUT2D eigenvalue weighted by Crippen LogP contribution is 2.35. The molecule has 0 bridgehead atoms. The standard InChI is InChI=1S/C15H23N3OS.2ClH/c16-9-11-3-1-5-13(11)15(19)18-7-2-4-12(10-18)14-17-6-8-20-14;;/h6,8,11-13H,1-5,7,9-10,16H2;2*1H/t11-,12?,13-;;/m1../s1. The zero-order chi connectivity index (χ0) is 13.9. The lowest BCUT2D eigenvalue weighted by Crippen LogP contribution is -2.44. The lowest BCUT2D eigenvalue weighted by molar-refractivity contribution is -0.137. The molecule has 1 saturated carbocycles. The van der Waals surface area contributed by atoms with E-state index >= 15 is 0 Å². The Balaban J connectivity index is 0.00000121. The van der Waals surface area contributed by atoms with Crippen molar-refractivity contribution in [1.82, 2.24) is 9.88 Å². The lowest BCUT2D eigenvalue weighted by atomic mass is 9.92. The van der Waals surface area contributed by atoms with Gasteiger partial charge >= 0.3 is 0 Å². The van der Waals surface area contributed by atoms with Crippen LogP contribution in [0.5, 0.6) is 0 Å². The number of amides is 1. The summed E-state index contributed by atoms with van der Waals surface area (Å²) in [4.78, 5) is 19.2. The molecule has 1 unspecified atom stereocenters. The third kappa shape index (κ3) is 4.13. The topological polar surface area (TPSA) is 59.2 Å². The van der Waals surface area contributed by atoms with Crippen LogP contribution in [0.3, 0.4) is 0 Å². The van der Waals surface area contributed by atoms with Crippen LogP contribution in [-0.2, 0) is 4.79 Å². The summed E-state index contributed by atoms with van der Waals surface area (Å²) in [6.07, 6.45) is 7.41. The highest BCUT2D eigenvalue weighted by Gasteiger charge is 2.36. The molecule has 1 aromatic heterocycles. The number of aromatic nitrogens is 1. The average molecular weight is 366 g/mol. The number of nitrogens with two attached hydrogens (primary N) is 1. The summed E-state index contributed by atoms with van der Waals surface area (Å²) in [6.45, 7) is 2.41. The minimum absolute atomic E-state index is 0. The molecule has 0 spiro atoms. The Hall–Kier alpha value is -0.360. The second-order valence-corrected chi connectivity index (χ2v) is 6.95. The second-order valence-electron chi connectivity index (χ2n) is 6.03. The number of thiazole rings is 1. The van der Waals surface area contributed by atoms with Crippen molar-refractivity contribution in [2.45, 2.75) is 38.0 Å². The van der Waals surface area contributed by atoms with Crippen molar-refractivity contribution in [3.05, 3.63) is 16.6 Å². The predicted octanol–water partition coefficient (Wildman–Crippen LogP) is 3.07. The Morgan fingerprint density at radius 2 is 2.14 bits per heavy atom. The zero-order valence-corrected chi connectivity index (χ0v) is 15.1. The van der Waals surface area contributed by atoms with Crippen molar-refractivity contribution in [3.63, 3.8) is 0 Å². The normalized spacial score (nSPS) is 27.9. The van der Waals surface area contributed by atoms with Crippen molar-refractivity contribution < 1.29 is 4.79 Å². The Morgan fingerprint density at radius 1 is 1.32 bits per heavy atom. The first-order valence-electron chi connectivity index (χ1n) is 7.68. The fraction of sp³-hybridized carbons (Fsp3) is 0.733. The smallest absolute Gasteiger partial charge is 0.226 e. The van der Waals surface area contributed by atoms with Crippen molar-refractivity contribution in [3.8, 4) is 0 Å². The van der Waals surface area contributed by atoms with Gasteiger partial charge in [-0.25, -0.2) is 4.98 Å². The van der Waals surface area contributed by atoms with Crippen LogP contribution >= 0.6 is 36.2 Å². The summed E-state index contributed by atoms with van der Waals surface area (Å²) >= 11 is 1.71. The Morgan fingerprint density at radius 3 is 2.82 bits per heavy atom. The van der Waals surface area contributed by atoms with Gasteiger partial charge in [-0.05, 0) is 38.1 Å². The number of piperidine rings is 1. The first-order valence-corrected chi connectivity index (χ1v) is 8.55. The number of nitrogens with zero attached hydrogens (tertiary/aromatic N) is 2. The van der Waals surface area contributed by atoms with E-state index in [4.69, 9.17) is 5.73 Å². The van der Waals surface area contributed by atoms with E-state index in [9.17, 15) is 4.79 Å². The van der Waals surface area contributed by atoms with Gasteiger partial charge in [0.1, 0.15) is 0 Å². The Bertz CT molecular complexity index is 458. The molecule has 0 radical (unpaired) electrons. The third-order valence-electron chi connectivity index (χ3n) is 4.81. The molecule has 2 N–H and O–H groups in total. The molecule has 1 aliphatic heterocycles. The fourth-order valence-electron chi connectivity index (χ4n) is 3.69. The SMILES string of the molecule is Cl.Cl.NC[C@H]1CCC[C@H]1C(=O)N1CCCC(c2nccs2)C1. The predicted molar refractivity (Wildman–Crippen MR) is 95.1 cm³/mol. The number of carbonyl (C=O) groups is 1. The highest BCUT2D eigenvalue weighted by atomic mass is 35.5. The van der Waals surface area contributed by atoms with E-state index in [-0.39, 0.29) is 30.7 Å². The van der Waals surface area contributed by atoms with E-state index < -0.39 is 0 Å². The third-order valence-corrected chi connectivity index (χ3v) is 5.75. The van der Waals surface area contributed by atoms with Gasteiger partial charge in [-0.1, -0.05) is 6.42 Å². The second kappa shape index (κ2) is 9.06.